The molecule has 29 heavy (non-hydrogen) atoms. The number of hydrogen-bond donors (Lipinski definition) is 1. The first kappa shape index (κ1) is 19.8. The standard InChI is InChI=1S/C19H18N4O6/c1-12-20-14-5-3-4-6-16(14)22(12)10-19(25)29-11-18(24)21-15-8-7-13(28-2)9-17(15)23(26)27/h3-9H,10-11H2,1-2H3,(H,21,24). The van der Waals surface area contributed by atoms with Gasteiger partial charge in [0.25, 0.3) is 11.6 Å². The first-order valence-corrected chi connectivity index (χ1v) is 8.59. The lowest BCUT2D eigenvalue weighted by Crippen LogP contribution is -2.23. The minimum Gasteiger partial charge on any atom is -0.496 e. The van der Waals surface area contributed by atoms with E-state index in [4.69, 9.17) is 9.47 Å². The predicted molar refractivity (Wildman–Crippen MR) is 104 cm³/mol. The molecule has 1 heterocycles. The summed E-state index contributed by atoms with van der Waals surface area (Å²) in [7, 11) is 1.38. The third kappa shape index (κ3) is 4.49. The van der Waals surface area contributed by atoms with Gasteiger partial charge in [0, 0.05) is 0 Å². The first-order chi connectivity index (χ1) is 13.9. The van der Waals surface area contributed by atoms with E-state index in [2.05, 4.69) is 10.3 Å². The average Bonchev–Trinajstić information content (AvgIpc) is 3.01. The van der Waals surface area contributed by atoms with Crippen molar-refractivity contribution in [2.24, 2.45) is 0 Å². The highest BCUT2D eigenvalue weighted by Crippen LogP contribution is 2.28. The summed E-state index contributed by atoms with van der Waals surface area (Å²) in [5, 5.41) is 13.5. The Morgan fingerprint density at radius 2 is 2.00 bits per heavy atom. The van der Waals surface area contributed by atoms with Crippen molar-refractivity contribution in [1.29, 1.82) is 0 Å². The molecule has 3 aromatic rings. The number of benzene rings is 2. The lowest BCUT2D eigenvalue weighted by molar-refractivity contribution is -0.384. The molecule has 0 spiro atoms. The number of nitro groups is 1. The topological polar surface area (TPSA) is 126 Å². The van der Waals surface area contributed by atoms with Crippen LogP contribution in [0, 0.1) is 17.0 Å². The number of methoxy groups -OCH3 is 1. The molecule has 0 unspecified atom stereocenters. The number of para-hydroxylation sites is 2. The van der Waals surface area contributed by atoms with Gasteiger partial charge in [-0.1, -0.05) is 12.1 Å². The van der Waals surface area contributed by atoms with Crippen LogP contribution in [0.15, 0.2) is 42.5 Å². The summed E-state index contributed by atoms with van der Waals surface area (Å²) in [5.74, 6) is -0.403. The third-order valence-electron chi connectivity index (χ3n) is 4.17. The van der Waals surface area contributed by atoms with E-state index in [9.17, 15) is 19.7 Å². The van der Waals surface area contributed by atoms with Crippen LogP contribution in [0.3, 0.4) is 0 Å². The minimum absolute atomic E-state index is 0.0201. The Bertz CT molecular complexity index is 1090. The summed E-state index contributed by atoms with van der Waals surface area (Å²) in [6.07, 6.45) is 0. The molecule has 1 aromatic heterocycles. The van der Waals surface area contributed by atoms with Crippen LogP contribution >= 0.6 is 0 Å². The van der Waals surface area contributed by atoms with Gasteiger partial charge in [-0.05, 0) is 31.2 Å². The fraction of sp³-hybridized carbons (Fsp3) is 0.211. The van der Waals surface area contributed by atoms with E-state index in [-0.39, 0.29) is 23.7 Å². The van der Waals surface area contributed by atoms with Crippen LogP contribution in [0.25, 0.3) is 11.0 Å². The van der Waals surface area contributed by atoms with Crippen molar-refractivity contribution in [2.75, 3.05) is 19.0 Å². The Balaban J connectivity index is 1.61. The van der Waals surface area contributed by atoms with Gasteiger partial charge < -0.3 is 19.4 Å². The maximum Gasteiger partial charge on any atom is 0.326 e. The Morgan fingerprint density at radius 1 is 1.24 bits per heavy atom. The van der Waals surface area contributed by atoms with Gasteiger partial charge in [-0.3, -0.25) is 19.7 Å². The molecule has 0 bridgehead atoms. The van der Waals surface area contributed by atoms with Crippen molar-refractivity contribution in [3.05, 3.63) is 58.4 Å². The van der Waals surface area contributed by atoms with Crippen LogP contribution in [0.4, 0.5) is 11.4 Å². The number of ether oxygens (including phenoxy) is 2. The number of carbonyl (C=O) groups is 2. The number of aromatic nitrogens is 2. The molecule has 150 valence electrons. The van der Waals surface area contributed by atoms with Crippen molar-refractivity contribution < 1.29 is 24.0 Å². The van der Waals surface area contributed by atoms with Crippen molar-refractivity contribution in [3.8, 4) is 5.75 Å². The second-order valence-electron chi connectivity index (χ2n) is 6.08. The number of nitrogens with one attached hydrogen (secondary N) is 1. The molecule has 1 N–H and O–H groups in total. The van der Waals surface area contributed by atoms with Crippen LogP contribution in [0.5, 0.6) is 5.75 Å². The minimum atomic E-state index is -0.696. The number of nitrogens with zero attached hydrogens (tertiary/aromatic N) is 3. The van der Waals surface area contributed by atoms with Gasteiger partial charge in [-0.15, -0.1) is 0 Å². The Hall–Kier alpha value is -3.95. The monoisotopic (exact) mass is 398 g/mol. The lowest BCUT2D eigenvalue weighted by Gasteiger charge is -2.09. The molecule has 10 heteroatoms. The zero-order valence-corrected chi connectivity index (χ0v) is 15.7. The number of amides is 1. The molecular weight excluding hydrogens is 380 g/mol. The molecule has 0 aliphatic carbocycles. The number of anilines is 1. The van der Waals surface area contributed by atoms with Crippen LogP contribution in [0.2, 0.25) is 0 Å². The number of esters is 1. The molecule has 0 aliphatic rings. The van der Waals surface area contributed by atoms with Crippen LogP contribution < -0.4 is 10.1 Å². The molecule has 3 rings (SSSR count). The molecule has 1 amide bonds. The normalized spacial score (nSPS) is 10.6. The summed E-state index contributed by atoms with van der Waals surface area (Å²) in [5.41, 5.74) is 1.18. The van der Waals surface area contributed by atoms with Gasteiger partial charge in [0.1, 0.15) is 23.8 Å². The zero-order valence-electron chi connectivity index (χ0n) is 15.7. The van der Waals surface area contributed by atoms with Crippen LogP contribution in [-0.2, 0) is 20.9 Å². The molecule has 0 saturated carbocycles. The molecular formula is C19H18N4O6. The van der Waals surface area contributed by atoms with E-state index in [0.717, 1.165) is 11.0 Å². The second kappa shape index (κ2) is 8.38. The number of hydrogen-bond acceptors (Lipinski definition) is 7. The highest BCUT2D eigenvalue weighted by molar-refractivity contribution is 5.95. The van der Waals surface area contributed by atoms with Crippen molar-refractivity contribution >= 4 is 34.3 Å². The number of fused-ring (bicyclic) bond motifs is 1. The number of imidazole rings is 1. The molecule has 0 atom stereocenters. The Morgan fingerprint density at radius 3 is 2.72 bits per heavy atom. The van der Waals surface area contributed by atoms with E-state index in [0.29, 0.717) is 5.82 Å². The smallest absolute Gasteiger partial charge is 0.326 e. The number of carbonyl (C=O) groups excluding carboxylic acids is 2. The van der Waals surface area contributed by atoms with Crippen molar-refractivity contribution in [2.45, 2.75) is 13.5 Å². The van der Waals surface area contributed by atoms with Crippen LogP contribution in [0.1, 0.15) is 5.82 Å². The average molecular weight is 398 g/mol. The summed E-state index contributed by atoms with van der Waals surface area (Å²) in [4.78, 5) is 39.1. The van der Waals surface area contributed by atoms with Gasteiger partial charge in [0.05, 0.1) is 29.1 Å². The molecule has 0 aliphatic heterocycles. The van der Waals surface area contributed by atoms with Gasteiger partial charge in [-0.25, -0.2) is 4.98 Å². The maximum atomic E-state index is 12.1. The molecule has 0 fully saturated rings. The van der Waals surface area contributed by atoms with Gasteiger partial charge >= 0.3 is 5.97 Å². The van der Waals surface area contributed by atoms with Crippen molar-refractivity contribution in [3.63, 3.8) is 0 Å². The highest BCUT2D eigenvalue weighted by atomic mass is 16.6. The predicted octanol–water partition coefficient (Wildman–Crippen LogP) is 2.44. The summed E-state index contributed by atoms with van der Waals surface area (Å²) in [6, 6.07) is 11.4. The zero-order chi connectivity index (χ0) is 21.0. The summed E-state index contributed by atoms with van der Waals surface area (Å²) >= 11 is 0. The van der Waals surface area contributed by atoms with Gasteiger partial charge in [0.2, 0.25) is 0 Å². The highest BCUT2D eigenvalue weighted by Gasteiger charge is 2.18. The third-order valence-corrected chi connectivity index (χ3v) is 4.17. The number of rotatable bonds is 7. The Labute approximate surface area is 165 Å². The largest absolute Gasteiger partial charge is 0.496 e. The first-order valence-electron chi connectivity index (χ1n) is 8.59. The molecule has 0 radical (unpaired) electrons. The Kier molecular flexibility index (Phi) is 5.72. The van der Waals surface area contributed by atoms with E-state index >= 15 is 0 Å². The maximum absolute atomic E-state index is 12.1. The second-order valence-corrected chi connectivity index (χ2v) is 6.08. The number of aryl methyl sites for hydroxylation is 1. The lowest BCUT2D eigenvalue weighted by atomic mass is 10.2. The van der Waals surface area contributed by atoms with Crippen LogP contribution in [-0.4, -0.2) is 40.1 Å². The van der Waals surface area contributed by atoms with E-state index in [1.165, 1.54) is 25.3 Å². The molecule has 0 saturated heterocycles. The van der Waals surface area contributed by atoms with E-state index < -0.39 is 23.4 Å². The molecule has 10 nitrogen and oxygen atoms in total. The SMILES string of the molecule is COc1ccc(NC(=O)COC(=O)Cn2c(C)nc3ccccc32)c([N+](=O)[O-])c1. The fourth-order valence-corrected chi connectivity index (χ4v) is 2.80. The summed E-state index contributed by atoms with van der Waals surface area (Å²) in [6.45, 7) is 1.08. The number of nitro benzene ring substituents is 1. The quantitative estimate of drug-likeness (QED) is 0.368. The van der Waals surface area contributed by atoms with Crippen molar-refractivity contribution in [1.82, 2.24) is 9.55 Å². The fourth-order valence-electron chi connectivity index (χ4n) is 2.80. The van der Waals surface area contributed by atoms with Gasteiger partial charge in [0.15, 0.2) is 6.61 Å². The van der Waals surface area contributed by atoms with Gasteiger partial charge in [-0.2, -0.15) is 0 Å². The van der Waals surface area contributed by atoms with E-state index in [1.54, 1.807) is 11.5 Å². The summed E-state index contributed by atoms with van der Waals surface area (Å²) < 4.78 is 11.6. The van der Waals surface area contributed by atoms with E-state index in [1.807, 2.05) is 24.3 Å². The molecule has 2 aromatic carbocycles.